The quantitative estimate of drug-likeness (QED) is 0.651. The van der Waals surface area contributed by atoms with Crippen LogP contribution in [-0.4, -0.2) is 38.2 Å². The highest BCUT2D eigenvalue weighted by molar-refractivity contribution is 6.37. The van der Waals surface area contributed by atoms with Gasteiger partial charge >= 0.3 is 0 Å². The lowest BCUT2D eigenvalue weighted by Gasteiger charge is -2.47. The Kier molecular flexibility index (Phi) is 4.38. The van der Waals surface area contributed by atoms with Gasteiger partial charge in [-0.2, -0.15) is 0 Å². The molecule has 6 nitrogen and oxygen atoms in total. The van der Waals surface area contributed by atoms with Crippen molar-refractivity contribution >= 4 is 34.6 Å². The van der Waals surface area contributed by atoms with Gasteiger partial charge in [-0.25, -0.2) is 0 Å². The minimum atomic E-state index is -2.34. The zero-order valence-corrected chi connectivity index (χ0v) is 18.9. The summed E-state index contributed by atoms with van der Waals surface area (Å²) < 4.78 is 0. The average molecular weight is 462 g/mol. The number of carbonyl (C=O) groups is 3. The monoisotopic (exact) mass is 461 g/mol. The number of hydrogen-bond acceptors (Lipinski definition) is 6. The second kappa shape index (κ2) is 6.76. The molecule has 1 aliphatic heterocycles. The maximum atomic E-state index is 13.7. The SMILES string of the molecule is CC(=O)C1=C(C)N(c2ccc(C)cc2)C2(O)C3=C(C(=O)c4ccccc4C3=O)C(O)=CC12Cl. The van der Waals surface area contributed by atoms with Gasteiger partial charge < -0.3 is 15.1 Å². The normalized spacial score (nSPS) is 26.2. The fraction of sp³-hybridized carbons (Fsp3) is 0.192. The van der Waals surface area contributed by atoms with Crippen LogP contribution in [0.3, 0.4) is 0 Å². The van der Waals surface area contributed by atoms with Gasteiger partial charge in [-0.3, -0.25) is 14.4 Å². The number of alkyl halides is 1. The molecule has 0 saturated carbocycles. The van der Waals surface area contributed by atoms with Gasteiger partial charge in [0.15, 0.2) is 17.3 Å². The van der Waals surface area contributed by atoms with Gasteiger partial charge in [-0.05, 0) is 39.0 Å². The fourth-order valence-electron chi connectivity index (χ4n) is 5.22. The number of fused-ring (bicyclic) bond motifs is 3. The Balaban J connectivity index is 1.88. The molecule has 7 heteroatoms. The molecule has 0 fully saturated rings. The molecule has 5 rings (SSSR count). The topological polar surface area (TPSA) is 94.9 Å². The highest BCUT2D eigenvalue weighted by Gasteiger charge is 2.68. The van der Waals surface area contributed by atoms with Crippen molar-refractivity contribution in [3.05, 3.63) is 99.5 Å². The summed E-state index contributed by atoms with van der Waals surface area (Å²) in [6.07, 6.45) is 1.10. The summed E-state index contributed by atoms with van der Waals surface area (Å²) in [5.41, 5.74) is -0.979. The van der Waals surface area contributed by atoms with Crippen molar-refractivity contribution in [1.82, 2.24) is 0 Å². The molecular formula is C26H20ClNO5. The summed E-state index contributed by atoms with van der Waals surface area (Å²) in [5, 5.41) is 23.3. The van der Waals surface area contributed by atoms with Gasteiger partial charge in [-0.15, -0.1) is 11.6 Å². The molecule has 2 aromatic rings. The first-order valence-electron chi connectivity index (χ1n) is 10.4. The van der Waals surface area contributed by atoms with E-state index >= 15 is 0 Å². The number of aliphatic hydroxyl groups excluding tert-OH is 1. The number of aliphatic hydroxyl groups is 2. The van der Waals surface area contributed by atoms with Crippen LogP contribution in [0.1, 0.15) is 40.1 Å². The first-order valence-corrected chi connectivity index (χ1v) is 10.8. The molecule has 0 radical (unpaired) electrons. The lowest BCUT2D eigenvalue weighted by Crippen LogP contribution is -2.62. The van der Waals surface area contributed by atoms with Crippen molar-refractivity contribution < 1.29 is 24.6 Å². The highest BCUT2D eigenvalue weighted by Crippen LogP contribution is 2.59. The number of ketones is 3. The second-order valence-corrected chi connectivity index (χ2v) is 9.15. The van der Waals surface area contributed by atoms with Crippen LogP contribution in [0.4, 0.5) is 5.69 Å². The number of anilines is 1. The van der Waals surface area contributed by atoms with E-state index in [1.54, 1.807) is 31.2 Å². The van der Waals surface area contributed by atoms with Gasteiger partial charge in [0.1, 0.15) is 10.6 Å². The fourth-order valence-corrected chi connectivity index (χ4v) is 5.77. The van der Waals surface area contributed by atoms with E-state index in [0.717, 1.165) is 11.6 Å². The van der Waals surface area contributed by atoms with E-state index in [4.69, 9.17) is 11.6 Å². The molecule has 0 amide bonds. The molecular weight excluding hydrogens is 442 g/mol. The van der Waals surface area contributed by atoms with E-state index in [-0.39, 0.29) is 27.8 Å². The number of benzene rings is 2. The number of rotatable bonds is 2. The van der Waals surface area contributed by atoms with Crippen LogP contribution in [-0.2, 0) is 4.79 Å². The van der Waals surface area contributed by atoms with Crippen LogP contribution in [0.25, 0.3) is 0 Å². The van der Waals surface area contributed by atoms with Crippen molar-refractivity contribution in [2.75, 3.05) is 4.90 Å². The number of aryl methyl sites for hydroxylation is 1. The van der Waals surface area contributed by atoms with Crippen molar-refractivity contribution in [3.63, 3.8) is 0 Å². The van der Waals surface area contributed by atoms with E-state index in [1.807, 2.05) is 19.1 Å². The highest BCUT2D eigenvalue weighted by atomic mass is 35.5. The summed E-state index contributed by atoms with van der Waals surface area (Å²) in [4.78, 5) is 39.3. The van der Waals surface area contributed by atoms with Crippen molar-refractivity contribution in [2.45, 2.75) is 31.4 Å². The Bertz CT molecular complexity index is 1380. The van der Waals surface area contributed by atoms with E-state index in [1.165, 1.54) is 24.0 Å². The average Bonchev–Trinajstić information content (AvgIpc) is 2.94. The molecule has 2 unspecified atom stereocenters. The molecule has 2 aliphatic carbocycles. The van der Waals surface area contributed by atoms with Gasteiger partial charge in [0.05, 0.1) is 11.1 Å². The van der Waals surface area contributed by atoms with Crippen LogP contribution < -0.4 is 4.90 Å². The molecule has 0 bridgehead atoms. The zero-order valence-electron chi connectivity index (χ0n) is 18.1. The smallest absolute Gasteiger partial charge is 0.201 e. The molecule has 0 aromatic heterocycles. The lowest BCUT2D eigenvalue weighted by atomic mass is 9.69. The molecule has 0 saturated heterocycles. The van der Waals surface area contributed by atoms with Crippen LogP contribution >= 0.6 is 11.6 Å². The van der Waals surface area contributed by atoms with Gasteiger partial charge in [0.25, 0.3) is 0 Å². The number of hydrogen-bond donors (Lipinski definition) is 2. The Labute approximate surface area is 195 Å². The summed E-state index contributed by atoms with van der Waals surface area (Å²) >= 11 is 7.00. The van der Waals surface area contributed by atoms with Crippen molar-refractivity contribution in [3.8, 4) is 0 Å². The zero-order chi connectivity index (χ0) is 23.9. The Hall–Kier alpha value is -3.48. The van der Waals surface area contributed by atoms with Crippen LogP contribution in [0.15, 0.2) is 82.8 Å². The van der Waals surface area contributed by atoms with Gasteiger partial charge in [0, 0.05) is 28.1 Å². The first kappa shape index (κ1) is 21.4. The molecule has 3 aliphatic rings. The van der Waals surface area contributed by atoms with Crippen LogP contribution in [0.5, 0.6) is 0 Å². The van der Waals surface area contributed by atoms with Crippen LogP contribution in [0, 0.1) is 6.92 Å². The molecule has 2 atom stereocenters. The van der Waals surface area contributed by atoms with E-state index in [9.17, 15) is 24.6 Å². The standard InChI is InChI=1S/C26H20ClNO5/c1-13-8-10-16(11-9-13)28-14(2)21(15(3)29)25(27)12-19(30)20-22(26(25,28)33)24(32)18-7-5-4-6-17(18)23(20)31/h4-12,30,33H,1-3H3. The number of carbonyl (C=O) groups excluding carboxylic acids is 3. The molecule has 166 valence electrons. The largest absolute Gasteiger partial charge is 0.507 e. The Morgan fingerprint density at radius 1 is 0.970 bits per heavy atom. The second-order valence-electron chi connectivity index (χ2n) is 8.55. The van der Waals surface area contributed by atoms with E-state index in [2.05, 4.69) is 0 Å². The van der Waals surface area contributed by atoms with Gasteiger partial charge in [0.2, 0.25) is 5.72 Å². The van der Waals surface area contributed by atoms with Crippen molar-refractivity contribution in [1.29, 1.82) is 0 Å². The van der Waals surface area contributed by atoms with Crippen molar-refractivity contribution in [2.24, 2.45) is 0 Å². The maximum absolute atomic E-state index is 13.7. The predicted octanol–water partition coefficient (Wildman–Crippen LogP) is 4.18. The molecule has 1 heterocycles. The third-order valence-corrected chi connectivity index (χ3v) is 7.16. The van der Waals surface area contributed by atoms with E-state index < -0.39 is 33.7 Å². The summed E-state index contributed by atoms with van der Waals surface area (Å²) in [6, 6.07) is 13.3. The number of Topliss-reactive ketones (excluding diaryl/α,β-unsaturated/α-hetero) is 3. The minimum Gasteiger partial charge on any atom is -0.507 e. The molecule has 0 spiro atoms. The summed E-state index contributed by atoms with van der Waals surface area (Å²) in [6.45, 7) is 4.82. The third-order valence-electron chi connectivity index (χ3n) is 6.60. The maximum Gasteiger partial charge on any atom is 0.201 e. The summed E-state index contributed by atoms with van der Waals surface area (Å²) in [7, 11) is 0. The number of halogens is 1. The predicted molar refractivity (Wildman–Crippen MR) is 123 cm³/mol. The van der Waals surface area contributed by atoms with Crippen LogP contribution in [0.2, 0.25) is 0 Å². The number of allylic oxidation sites excluding steroid dienone is 2. The first-order chi connectivity index (χ1) is 15.5. The van der Waals surface area contributed by atoms with E-state index in [0.29, 0.717) is 11.4 Å². The molecule has 2 aromatic carbocycles. The molecule has 33 heavy (non-hydrogen) atoms. The minimum absolute atomic E-state index is 0.0319. The lowest BCUT2D eigenvalue weighted by molar-refractivity contribution is -0.114. The third kappa shape index (κ3) is 2.50. The Morgan fingerprint density at radius 3 is 2.12 bits per heavy atom. The summed E-state index contributed by atoms with van der Waals surface area (Å²) in [5.74, 6) is -2.21. The Morgan fingerprint density at radius 2 is 1.55 bits per heavy atom. The number of nitrogens with zero attached hydrogens (tertiary/aromatic N) is 1. The van der Waals surface area contributed by atoms with Gasteiger partial charge in [-0.1, -0.05) is 42.0 Å². The molecule has 2 N–H and O–H groups in total.